The number of rotatable bonds is 7. The fourth-order valence-electron chi connectivity index (χ4n) is 2.61. The molecule has 1 amide bonds. The lowest BCUT2D eigenvalue weighted by Crippen LogP contribution is -2.43. The number of hydrogen-bond donors (Lipinski definition) is 0. The Morgan fingerprint density at radius 2 is 2.05 bits per heavy atom. The van der Waals surface area contributed by atoms with Gasteiger partial charge in [0.15, 0.2) is 5.78 Å². The summed E-state index contributed by atoms with van der Waals surface area (Å²) in [5.74, 6) is 0.0924. The maximum Gasteiger partial charge on any atom is 0.410 e. The van der Waals surface area contributed by atoms with Crippen molar-refractivity contribution in [3.63, 3.8) is 0 Å². The summed E-state index contributed by atoms with van der Waals surface area (Å²) >= 11 is 0. The monoisotopic (exact) mass is 313 g/mol. The Balaban J connectivity index is 2.60. The number of nitrogens with zero attached hydrogens (tertiary/aromatic N) is 1. The van der Waals surface area contributed by atoms with Crippen LogP contribution in [-0.2, 0) is 14.3 Å². The van der Waals surface area contributed by atoms with Crippen molar-refractivity contribution in [1.82, 2.24) is 4.90 Å². The van der Waals surface area contributed by atoms with Gasteiger partial charge in [-0.1, -0.05) is 13.3 Å². The van der Waals surface area contributed by atoms with E-state index in [2.05, 4.69) is 6.92 Å². The zero-order valence-corrected chi connectivity index (χ0v) is 14.7. The van der Waals surface area contributed by atoms with Gasteiger partial charge in [-0.05, 0) is 47.0 Å². The van der Waals surface area contributed by atoms with E-state index >= 15 is 0 Å². The lowest BCUT2D eigenvalue weighted by atomic mass is 10.1. The highest BCUT2D eigenvalue weighted by Crippen LogP contribution is 2.17. The lowest BCUT2D eigenvalue weighted by molar-refractivity contribution is -0.128. The highest BCUT2D eigenvalue weighted by Gasteiger charge is 2.28. The molecule has 1 heterocycles. The predicted molar refractivity (Wildman–Crippen MR) is 85.9 cm³/mol. The fraction of sp³-hybridized carbons (Fsp3) is 0.882. The molecule has 0 bridgehead atoms. The number of carbonyl (C=O) groups is 2. The molecule has 1 aliphatic rings. The third-order valence-corrected chi connectivity index (χ3v) is 3.75. The molecule has 1 aliphatic heterocycles. The van der Waals surface area contributed by atoms with E-state index in [1.54, 1.807) is 4.90 Å². The molecule has 0 aromatic rings. The van der Waals surface area contributed by atoms with Gasteiger partial charge in [-0.25, -0.2) is 4.79 Å². The predicted octanol–water partition coefficient (Wildman–Crippen LogP) is 3.55. The standard InChI is InChI=1S/C17H31NO4/c1-6-8-13(2)18(16(20)22-17(3,4)5)11-10-14(19)15-9-7-12-21-15/h13,15H,6-12H2,1-5H3/t13-,15?/m0/s1. The molecule has 0 aromatic heterocycles. The fourth-order valence-corrected chi connectivity index (χ4v) is 2.61. The van der Waals surface area contributed by atoms with Gasteiger partial charge in [0.1, 0.15) is 11.7 Å². The maximum absolute atomic E-state index is 12.4. The van der Waals surface area contributed by atoms with Crippen LogP contribution in [0.4, 0.5) is 4.79 Å². The van der Waals surface area contributed by atoms with Gasteiger partial charge in [0.2, 0.25) is 0 Å². The molecule has 0 radical (unpaired) electrons. The van der Waals surface area contributed by atoms with Gasteiger partial charge in [-0.3, -0.25) is 4.79 Å². The summed E-state index contributed by atoms with van der Waals surface area (Å²) in [7, 11) is 0. The Morgan fingerprint density at radius 1 is 1.36 bits per heavy atom. The number of ether oxygens (including phenoxy) is 2. The van der Waals surface area contributed by atoms with Crippen LogP contribution in [0.3, 0.4) is 0 Å². The smallest absolute Gasteiger partial charge is 0.410 e. The van der Waals surface area contributed by atoms with Gasteiger partial charge < -0.3 is 14.4 Å². The molecule has 0 spiro atoms. The van der Waals surface area contributed by atoms with Gasteiger partial charge in [-0.15, -0.1) is 0 Å². The van der Waals surface area contributed by atoms with E-state index in [9.17, 15) is 9.59 Å². The van der Waals surface area contributed by atoms with Crippen molar-refractivity contribution in [3.05, 3.63) is 0 Å². The van der Waals surface area contributed by atoms with E-state index in [0.717, 1.165) is 25.7 Å². The number of carbonyl (C=O) groups excluding carboxylic acids is 2. The largest absolute Gasteiger partial charge is 0.444 e. The molecule has 128 valence electrons. The Morgan fingerprint density at radius 3 is 2.55 bits per heavy atom. The quantitative estimate of drug-likeness (QED) is 0.721. The highest BCUT2D eigenvalue weighted by molar-refractivity contribution is 5.83. The molecular formula is C17H31NO4. The van der Waals surface area contributed by atoms with E-state index < -0.39 is 5.60 Å². The minimum Gasteiger partial charge on any atom is -0.444 e. The first-order valence-electron chi connectivity index (χ1n) is 8.38. The molecule has 22 heavy (non-hydrogen) atoms. The summed E-state index contributed by atoms with van der Waals surface area (Å²) < 4.78 is 10.9. The first kappa shape index (κ1) is 18.9. The van der Waals surface area contributed by atoms with Gasteiger partial charge in [0.25, 0.3) is 0 Å². The average molecular weight is 313 g/mol. The van der Waals surface area contributed by atoms with Crippen molar-refractivity contribution in [2.45, 2.75) is 84.5 Å². The average Bonchev–Trinajstić information content (AvgIpc) is 2.90. The molecule has 0 aliphatic carbocycles. The summed E-state index contributed by atoms with van der Waals surface area (Å²) in [5.41, 5.74) is -0.528. The second-order valence-corrected chi connectivity index (χ2v) is 7.03. The molecule has 1 saturated heterocycles. The van der Waals surface area contributed by atoms with Crippen molar-refractivity contribution in [2.75, 3.05) is 13.2 Å². The lowest BCUT2D eigenvalue weighted by Gasteiger charge is -2.31. The van der Waals surface area contributed by atoms with Crippen molar-refractivity contribution in [2.24, 2.45) is 0 Å². The molecule has 1 unspecified atom stereocenters. The van der Waals surface area contributed by atoms with Crippen LogP contribution in [-0.4, -0.2) is 47.7 Å². The summed E-state index contributed by atoms with van der Waals surface area (Å²) in [5, 5.41) is 0. The first-order valence-corrected chi connectivity index (χ1v) is 8.38. The number of Topliss-reactive ketones (excluding diaryl/α,β-unsaturated/α-hetero) is 1. The van der Waals surface area contributed by atoms with E-state index in [-0.39, 0.29) is 24.0 Å². The molecule has 0 N–H and O–H groups in total. The van der Waals surface area contributed by atoms with Crippen molar-refractivity contribution < 1.29 is 19.1 Å². The number of amides is 1. The Hall–Kier alpha value is -1.10. The number of ketones is 1. The van der Waals surface area contributed by atoms with Crippen LogP contribution in [0, 0.1) is 0 Å². The molecule has 0 aromatic carbocycles. The van der Waals surface area contributed by atoms with Crippen molar-refractivity contribution in [3.8, 4) is 0 Å². The zero-order chi connectivity index (χ0) is 16.8. The van der Waals surface area contributed by atoms with Crippen LogP contribution in [0.25, 0.3) is 0 Å². The molecule has 0 saturated carbocycles. The summed E-state index contributed by atoms with van der Waals surface area (Å²) in [4.78, 5) is 26.2. The zero-order valence-electron chi connectivity index (χ0n) is 14.7. The Labute approximate surface area is 134 Å². The van der Waals surface area contributed by atoms with Gasteiger partial charge in [0.05, 0.1) is 0 Å². The van der Waals surface area contributed by atoms with Gasteiger partial charge in [-0.2, -0.15) is 0 Å². The van der Waals surface area contributed by atoms with Crippen LogP contribution in [0.2, 0.25) is 0 Å². The van der Waals surface area contributed by atoms with Crippen molar-refractivity contribution in [1.29, 1.82) is 0 Å². The minimum atomic E-state index is -0.528. The van der Waals surface area contributed by atoms with Crippen LogP contribution in [0.15, 0.2) is 0 Å². The van der Waals surface area contributed by atoms with Crippen molar-refractivity contribution >= 4 is 11.9 Å². The molecule has 1 fully saturated rings. The van der Waals surface area contributed by atoms with Crippen LogP contribution >= 0.6 is 0 Å². The van der Waals surface area contributed by atoms with Crippen LogP contribution < -0.4 is 0 Å². The second kappa shape index (κ2) is 8.51. The van der Waals surface area contributed by atoms with Gasteiger partial charge >= 0.3 is 6.09 Å². The molecule has 2 atom stereocenters. The molecule has 5 heteroatoms. The minimum absolute atomic E-state index is 0.0668. The third-order valence-electron chi connectivity index (χ3n) is 3.75. The molecular weight excluding hydrogens is 282 g/mol. The number of hydrogen-bond acceptors (Lipinski definition) is 4. The molecule has 1 rings (SSSR count). The topological polar surface area (TPSA) is 55.8 Å². The summed E-state index contributed by atoms with van der Waals surface area (Å²) in [6, 6.07) is 0.0668. The Kier molecular flexibility index (Phi) is 7.33. The Bertz CT molecular complexity index is 369. The SMILES string of the molecule is CCC[C@H](C)N(CCC(=O)C1CCCO1)C(=O)OC(C)(C)C. The highest BCUT2D eigenvalue weighted by atomic mass is 16.6. The maximum atomic E-state index is 12.4. The van der Waals surface area contributed by atoms with E-state index in [1.807, 2.05) is 27.7 Å². The van der Waals surface area contributed by atoms with Gasteiger partial charge in [0, 0.05) is 25.6 Å². The van der Waals surface area contributed by atoms with E-state index in [1.165, 1.54) is 0 Å². The molecule has 5 nitrogen and oxygen atoms in total. The van der Waals surface area contributed by atoms with E-state index in [0.29, 0.717) is 19.6 Å². The van der Waals surface area contributed by atoms with E-state index in [4.69, 9.17) is 9.47 Å². The summed E-state index contributed by atoms with van der Waals surface area (Å²) in [6.45, 7) is 10.7. The van der Waals surface area contributed by atoms with Crippen LogP contribution in [0.1, 0.15) is 66.7 Å². The normalized spacial score (nSPS) is 19.8. The third kappa shape index (κ3) is 6.34. The summed E-state index contributed by atoms with van der Waals surface area (Å²) in [6.07, 6.45) is 3.34. The first-order chi connectivity index (χ1) is 10.2. The second-order valence-electron chi connectivity index (χ2n) is 7.03. The van der Waals surface area contributed by atoms with Crippen LogP contribution in [0.5, 0.6) is 0 Å².